The quantitative estimate of drug-likeness (QED) is 0.638. The molecule has 0 spiro atoms. The molecule has 0 saturated carbocycles. The van der Waals surface area contributed by atoms with Crippen LogP contribution in [0.1, 0.15) is 40.5 Å². The van der Waals surface area contributed by atoms with Crippen LogP contribution in [0.25, 0.3) is 0 Å². The van der Waals surface area contributed by atoms with E-state index in [-0.39, 0.29) is 17.6 Å². The fourth-order valence-electron chi connectivity index (χ4n) is 1.07. The topological polar surface area (TPSA) is 56.0 Å². The third-order valence-electron chi connectivity index (χ3n) is 2.28. The van der Waals surface area contributed by atoms with Crippen molar-refractivity contribution >= 4 is 0 Å². The van der Waals surface area contributed by atoms with Crippen LogP contribution < -0.4 is 5.32 Å². The Morgan fingerprint density at radius 2 is 1.86 bits per heavy atom. The summed E-state index contributed by atoms with van der Waals surface area (Å²) < 4.78 is 0. The van der Waals surface area contributed by atoms with E-state index in [0.29, 0.717) is 0 Å². The summed E-state index contributed by atoms with van der Waals surface area (Å²) in [5.74, 6) is 0. The molecule has 0 amide bonds. The molecule has 0 radical (unpaired) electrons. The van der Waals surface area contributed by atoms with Crippen molar-refractivity contribution in [1.82, 2.24) is 5.32 Å². The molecule has 0 aliphatic rings. The molecule has 0 aliphatic carbocycles. The van der Waals surface area contributed by atoms with Crippen LogP contribution in [0.4, 0.5) is 0 Å². The smallest absolute Gasteiger partial charge is 0.0683 e. The first-order chi connectivity index (χ1) is 6.33. The van der Waals surface area contributed by atoms with E-state index in [1.807, 2.05) is 27.7 Å². The van der Waals surface area contributed by atoms with Gasteiger partial charge in [0.05, 0.1) is 18.1 Å². The van der Waals surface area contributed by atoms with Gasteiger partial charge in [0.15, 0.2) is 0 Å². The minimum Gasteiger partial charge on any atom is -0.394 e. The Kier molecular flexibility index (Phi) is 5.11. The Morgan fingerprint density at radius 1 is 1.29 bits per heavy atom. The maximum absolute atomic E-state index is 8.98. The maximum atomic E-state index is 8.98. The van der Waals surface area contributed by atoms with Gasteiger partial charge in [-0.25, -0.2) is 0 Å². The molecule has 0 rings (SSSR count). The van der Waals surface area contributed by atoms with Gasteiger partial charge in [-0.15, -0.1) is 0 Å². The fourth-order valence-corrected chi connectivity index (χ4v) is 1.07. The maximum Gasteiger partial charge on any atom is 0.0683 e. The zero-order chi connectivity index (χ0) is 11.2. The zero-order valence-corrected chi connectivity index (χ0v) is 9.72. The monoisotopic (exact) mass is 198 g/mol. The summed E-state index contributed by atoms with van der Waals surface area (Å²) in [7, 11) is 0. The predicted molar refractivity (Wildman–Crippen MR) is 57.8 cm³/mol. The van der Waals surface area contributed by atoms with Crippen LogP contribution >= 0.6 is 0 Å². The number of aliphatic hydroxyl groups excluding tert-OH is 1. The van der Waals surface area contributed by atoms with Crippen molar-refractivity contribution in [2.75, 3.05) is 13.2 Å². The SMILES string of the molecule is CC(C)(C#N)CCCNC(C)(C)CO. The lowest BCUT2D eigenvalue weighted by Gasteiger charge is -2.24. The number of aliphatic hydroxyl groups is 1. The number of hydrogen-bond donors (Lipinski definition) is 2. The second kappa shape index (κ2) is 5.33. The van der Waals surface area contributed by atoms with Crippen LogP contribution in [0.5, 0.6) is 0 Å². The van der Waals surface area contributed by atoms with E-state index in [1.165, 1.54) is 0 Å². The highest BCUT2D eigenvalue weighted by molar-refractivity contribution is 4.91. The van der Waals surface area contributed by atoms with Crippen molar-refractivity contribution in [3.63, 3.8) is 0 Å². The summed E-state index contributed by atoms with van der Waals surface area (Å²) in [5, 5.41) is 21.0. The van der Waals surface area contributed by atoms with Gasteiger partial charge in [-0.3, -0.25) is 0 Å². The molecular formula is C11H22N2O. The molecule has 82 valence electrons. The summed E-state index contributed by atoms with van der Waals surface area (Å²) in [6.45, 7) is 8.80. The van der Waals surface area contributed by atoms with Gasteiger partial charge < -0.3 is 10.4 Å². The lowest BCUT2D eigenvalue weighted by atomic mass is 9.90. The minimum atomic E-state index is -0.231. The molecule has 0 unspecified atom stereocenters. The first-order valence-corrected chi connectivity index (χ1v) is 5.10. The molecule has 0 aromatic heterocycles. The summed E-state index contributed by atoms with van der Waals surface area (Å²) >= 11 is 0. The fraction of sp³-hybridized carbons (Fsp3) is 0.909. The van der Waals surface area contributed by atoms with Gasteiger partial charge in [-0.1, -0.05) is 0 Å². The second-order valence-electron chi connectivity index (χ2n) is 5.07. The molecule has 0 aromatic rings. The van der Waals surface area contributed by atoms with E-state index in [4.69, 9.17) is 10.4 Å². The van der Waals surface area contributed by atoms with Gasteiger partial charge in [0.1, 0.15) is 0 Å². The minimum absolute atomic E-state index is 0.134. The average molecular weight is 198 g/mol. The normalized spacial score (nSPS) is 12.6. The molecule has 0 fully saturated rings. The van der Waals surface area contributed by atoms with Gasteiger partial charge in [-0.2, -0.15) is 5.26 Å². The molecule has 0 aliphatic heterocycles. The Balaban J connectivity index is 3.63. The average Bonchev–Trinajstić information content (AvgIpc) is 2.13. The number of nitrogens with one attached hydrogen (secondary N) is 1. The molecule has 0 saturated heterocycles. The second-order valence-corrected chi connectivity index (χ2v) is 5.07. The molecule has 3 nitrogen and oxygen atoms in total. The Hall–Kier alpha value is -0.590. The highest BCUT2D eigenvalue weighted by Crippen LogP contribution is 2.20. The summed E-state index contributed by atoms with van der Waals surface area (Å²) in [5.41, 5.74) is -0.443. The zero-order valence-electron chi connectivity index (χ0n) is 9.72. The predicted octanol–water partition coefficient (Wildman–Crippen LogP) is 1.68. The van der Waals surface area contributed by atoms with Crippen molar-refractivity contribution < 1.29 is 5.11 Å². The van der Waals surface area contributed by atoms with E-state index in [9.17, 15) is 0 Å². The van der Waals surface area contributed by atoms with Gasteiger partial charge in [0, 0.05) is 5.54 Å². The van der Waals surface area contributed by atoms with Gasteiger partial charge in [0.25, 0.3) is 0 Å². The van der Waals surface area contributed by atoms with Gasteiger partial charge in [-0.05, 0) is 47.1 Å². The van der Waals surface area contributed by atoms with Crippen molar-refractivity contribution in [3.8, 4) is 6.07 Å². The third kappa shape index (κ3) is 5.95. The molecule has 0 atom stereocenters. The lowest BCUT2D eigenvalue weighted by Crippen LogP contribution is -2.43. The highest BCUT2D eigenvalue weighted by atomic mass is 16.3. The van der Waals surface area contributed by atoms with Crippen LogP contribution in [0, 0.1) is 16.7 Å². The number of hydrogen-bond acceptors (Lipinski definition) is 3. The number of rotatable bonds is 6. The highest BCUT2D eigenvalue weighted by Gasteiger charge is 2.18. The molecule has 2 N–H and O–H groups in total. The van der Waals surface area contributed by atoms with E-state index in [1.54, 1.807) is 0 Å². The van der Waals surface area contributed by atoms with Crippen LogP contribution in [0.3, 0.4) is 0 Å². The lowest BCUT2D eigenvalue weighted by molar-refractivity contribution is 0.187. The van der Waals surface area contributed by atoms with E-state index in [2.05, 4.69) is 11.4 Å². The summed E-state index contributed by atoms with van der Waals surface area (Å²) in [6, 6.07) is 2.28. The summed E-state index contributed by atoms with van der Waals surface area (Å²) in [4.78, 5) is 0. The molecule has 3 heteroatoms. The Labute approximate surface area is 87.1 Å². The Morgan fingerprint density at radius 3 is 2.29 bits per heavy atom. The van der Waals surface area contributed by atoms with Gasteiger partial charge >= 0.3 is 0 Å². The van der Waals surface area contributed by atoms with Crippen LogP contribution in [-0.4, -0.2) is 23.8 Å². The van der Waals surface area contributed by atoms with Crippen molar-refractivity contribution in [1.29, 1.82) is 5.26 Å². The first kappa shape index (κ1) is 13.4. The van der Waals surface area contributed by atoms with Crippen LogP contribution in [0.15, 0.2) is 0 Å². The molecule has 14 heavy (non-hydrogen) atoms. The number of nitriles is 1. The molecule has 0 aromatic carbocycles. The number of nitrogens with zero attached hydrogens (tertiary/aromatic N) is 1. The standard InChI is InChI=1S/C11H22N2O/c1-10(2,8-12)6-5-7-13-11(3,4)9-14/h13-14H,5-7,9H2,1-4H3. The van der Waals surface area contributed by atoms with Crippen LogP contribution in [-0.2, 0) is 0 Å². The first-order valence-electron chi connectivity index (χ1n) is 5.10. The third-order valence-corrected chi connectivity index (χ3v) is 2.28. The van der Waals surface area contributed by atoms with Gasteiger partial charge in [0.2, 0.25) is 0 Å². The van der Waals surface area contributed by atoms with E-state index in [0.717, 1.165) is 19.4 Å². The summed E-state index contributed by atoms with van der Waals surface area (Å²) in [6.07, 6.45) is 1.85. The largest absolute Gasteiger partial charge is 0.394 e. The van der Waals surface area contributed by atoms with E-state index < -0.39 is 0 Å². The van der Waals surface area contributed by atoms with E-state index >= 15 is 0 Å². The van der Waals surface area contributed by atoms with Crippen molar-refractivity contribution in [3.05, 3.63) is 0 Å². The van der Waals surface area contributed by atoms with Crippen molar-refractivity contribution in [2.24, 2.45) is 5.41 Å². The molecule has 0 heterocycles. The van der Waals surface area contributed by atoms with Crippen molar-refractivity contribution in [2.45, 2.75) is 46.1 Å². The molecule has 0 bridgehead atoms. The Bertz CT molecular complexity index is 204. The molecular weight excluding hydrogens is 176 g/mol. The van der Waals surface area contributed by atoms with Crippen LogP contribution in [0.2, 0.25) is 0 Å².